The summed E-state index contributed by atoms with van der Waals surface area (Å²) in [7, 11) is 0. The van der Waals surface area contributed by atoms with Crippen LogP contribution in [0.25, 0.3) is 5.57 Å². The van der Waals surface area contributed by atoms with E-state index in [4.69, 9.17) is 11.6 Å². The van der Waals surface area contributed by atoms with Crippen LogP contribution in [0.2, 0.25) is 5.02 Å². The molecule has 30 heavy (non-hydrogen) atoms. The molecular weight excluding hydrogens is 396 g/mol. The molecule has 0 saturated heterocycles. The van der Waals surface area contributed by atoms with E-state index in [0.29, 0.717) is 34.1 Å². The third-order valence-electron chi connectivity index (χ3n) is 5.19. The van der Waals surface area contributed by atoms with Gasteiger partial charge in [0.15, 0.2) is 0 Å². The molecule has 0 unspecified atom stereocenters. The van der Waals surface area contributed by atoms with E-state index in [1.54, 1.807) is 12.1 Å². The van der Waals surface area contributed by atoms with E-state index in [2.05, 4.69) is 0 Å². The Bertz CT molecular complexity index is 1140. The summed E-state index contributed by atoms with van der Waals surface area (Å²) in [4.78, 5) is 30.5. The van der Waals surface area contributed by atoms with Crippen molar-refractivity contribution >= 4 is 40.4 Å². The summed E-state index contributed by atoms with van der Waals surface area (Å²) >= 11 is 6.19. The third-order valence-corrected chi connectivity index (χ3v) is 5.42. The van der Waals surface area contributed by atoms with Gasteiger partial charge in [-0.25, -0.2) is 4.90 Å². The lowest BCUT2D eigenvalue weighted by Gasteiger charge is -2.25. The van der Waals surface area contributed by atoms with Crippen molar-refractivity contribution in [3.05, 3.63) is 101 Å². The Hall–Kier alpha value is -3.37. The van der Waals surface area contributed by atoms with Gasteiger partial charge >= 0.3 is 0 Å². The normalized spacial score (nSPS) is 13.9. The summed E-state index contributed by atoms with van der Waals surface area (Å²) in [6, 6.07) is 24.2. The molecule has 3 aromatic carbocycles. The zero-order chi connectivity index (χ0) is 21.3. The van der Waals surface area contributed by atoms with Gasteiger partial charge in [-0.2, -0.15) is 0 Å². The molecule has 0 bridgehead atoms. The first kappa shape index (κ1) is 19.9. The topological polar surface area (TPSA) is 40.6 Å². The van der Waals surface area contributed by atoms with Gasteiger partial charge in [0.1, 0.15) is 5.70 Å². The Kier molecular flexibility index (Phi) is 5.42. The zero-order valence-electron chi connectivity index (χ0n) is 16.8. The van der Waals surface area contributed by atoms with Crippen molar-refractivity contribution in [2.45, 2.75) is 13.8 Å². The first-order valence-corrected chi connectivity index (χ1v) is 10.2. The van der Waals surface area contributed by atoms with Crippen LogP contribution >= 0.6 is 11.6 Å². The number of nitrogens with zero attached hydrogens (tertiary/aromatic N) is 2. The van der Waals surface area contributed by atoms with Crippen LogP contribution in [-0.4, -0.2) is 18.4 Å². The minimum absolute atomic E-state index is 0.346. The van der Waals surface area contributed by atoms with Gasteiger partial charge in [0.25, 0.3) is 11.8 Å². The number of imide groups is 1. The molecule has 4 nitrogen and oxygen atoms in total. The van der Waals surface area contributed by atoms with Gasteiger partial charge in [0.2, 0.25) is 0 Å². The molecule has 2 amide bonds. The SMILES string of the molecule is CCN(C1=C(c2ccccc2)C(=O)N(c2cc(Cl)ccc2C)C1=O)c1ccccc1. The van der Waals surface area contributed by atoms with E-state index < -0.39 is 0 Å². The van der Waals surface area contributed by atoms with E-state index in [-0.39, 0.29) is 11.8 Å². The molecule has 0 fully saturated rings. The van der Waals surface area contributed by atoms with Crippen molar-refractivity contribution in [3.8, 4) is 0 Å². The number of benzene rings is 3. The van der Waals surface area contributed by atoms with Crippen LogP contribution in [0.3, 0.4) is 0 Å². The highest BCUT2D eigenvalue weighted by Crippen LogP contribution is 2.38. The molecule has 3 aromatic rings. The summed E-state index contributed by atoms with van der Waals surface area (Å²) < 4.78 is 0. The molecule has 0 spiro atoms. The van der Waals surface area contributed by atoms with Crippen molar-refractivity contribution in [1.29, 1.82) is 0 Å². The summed E-state index contributed by atoms with van der Waals surface area (Å²) in [5, 5.41) is 0.473. The highest BCUT2D eigenvalue weighted by molar-refractivity contribution is 6.46. The summed E-state index contributed by atoms with van der Waals surface area (Å²) in [5.74, 6) is -0.698. The average Bonchev–Trinajstić information content (AvgIpc) is 3.02. The second-order valence-corrected chi connectivity index (χ2v) is 7.48. The number of amides is 2. The molecule has 0 aromatic heterocycles. The van der Waals surface area contributed by atoms with Crippen LogP contribution in [0, 0.1) is 6.92 Å². The molecule has 0 radical (unpaired) electrons. The second kappa shape index (κ2) is 8.17. The fourth-order valence-corrected chi connectivity index (χ4v) is 3.92. The summed E-state index contributed by atoms with van der Waals surface area (Å²) in [6.07, 6.45) is 0. The molecule has 0 aliphatic carbocycles. The number of aryl methyl sites for hydroxylation is 1. The van der Waals surface area contributed by atoms with Crippen LogP contribution in [-0.2, 0) is 9.59 Å². The molecule has 1 aliphatic rings. The first-order chi connectivity index (χ1) is 14.5. The molecule has 0 atom stereocenters. The van der Waals surface area contributed by atoms with Gasteiger partial charge in [-0.15, -0.1) is 0 Å². The lowest BCUT2D eigenvalue weighted by molar-refractivity contribution is -0.120. The van der Waals surface area contributed by atoms with Crippen molar-refractivity contribution in [2.75, 3.05) is 16.3 Å². The summed E-state index contributed by atoms with van der Waals surface area (Å²) in [6.45, 7) is 4.37. The minimum Gasteiger partial charge on any atom is -0.337 e. The maximum Gasteiger partial charge on any atom is 0.282 e. The van der Waals surface area contributed by atoms with Crippen molar-refractivity contribution in [2.24, 2.45) is 0 Å². The quantitative estimate of drug-likeness (QED) is 0.518. The molecule has 4 rings (SSSR count). The average molecular weight is 417 g/mol. The second-order valence-electron chi connectivity index (χ2n) is 7.05. The highest BCUT2D eigenvalue weighted by Gasteiger charge is 2.43. The van der Waals surface area contributed by atoms with Crippen molar-refractivity contribution in [1.82, 2.24) is 0 Å². The lowest BCUT2D eigenvalue weighted by Crippen LogP contribution is -2.35. The zero-order valence-corrected chi connectivity index (χ0v) is 17.6. The molecule has 1 aliphatic heterocycles. The highest BCUT2D eigenvalue weighted by atomic mass is 35.5. The maximum absolute atomic E-state index is 13.7. The maximum atomic E-state index is 13.7. The Balaban J connectivity index is 1.93. The Labute approximate surface area is 181 Å². The molecule has 1 heterocycles. The van der Waals surface area contributed by atoms with E-state index >= 15 is 0 Å². The summed E-state index contributed by atoms with van der Waals surface area (Å²) in [5.41, 5.74) is 3.64. The number of rotatable bonds is 5. The molecular formula is C25H21ClN2O2. The van der Waals surface area contributed by atoms with Crippen molar-refractivity contribution in [3.63, 3.8) is 0 Å². The molecule has 5 heteroatoms. The predicted octanol–water partition coefficient (Wildman–Crippen LogP) is 5.46. The lowest BCUT2D eigenvalue weighted by atomic mass is 10.0. The van der Waals surface area contributed by atoms with Gasteiger partial charge < -0.3 is 4.90 Å². The predicted molar refractivity (Wildman–Crippen MR) is 122 cm³/mol. The Morgan fingerprint density at radius 1 is 0.867 bits per heavy atom. The van der Waals surface area contributed by atoms with Gasteiger partial charge in [-0.3, -0.25) is 9.59 Å². The van der Waals surface area contributed by atoms with Gasteiger partial charge in [-0.1, -0.05) is 66.2 Å². The first-order valence-electron chi connectivity index (χ1n) is 9.80. The Morgan fingerprint density at radius 2 is 1.50 bits per heavy atom. The standard InChI is InChI=1S/C25H21ClN2O2/c1-3-27(20-12-8-5-9-13-20)23-22(18-10-6-4-7-11-18)24(29)28(25(23)30)21-16-19(26)15-14-17(21)2/h4-16H,3H2,1-2H3. The van der Waals surface area contributed by atoms with Crippen LogP contribution < -0.4 is 9.80 Å². The Morgan fingerprint density at radius 3 is 2.13 bits per heavy atom. The number of halogens is 1. The number of hydrogen-bond acceptors (Lipinski definition) is 3. The van der Waals surface area contributed by atoms with E-state index in [1.165, 1.54) is 4.90 Å². The number of para-hydroxylation sites is 1. The van der Waals surface area contributed by atoms with Gasteiger partial charge in [0.05, 0.1) is 11.3 Å². The molecule has 0 saturated carbocycles. The number of carbonyl (C=O) groups is 2. The van der Waals surface area contributed by atoms with Crippen LogP contribution in [0.15, 0.2) is 84.6 Å². The van der Waals surface area contributed by atoms with Crippen molar-refractivity contribution < 1.29 is 9.59 Å². The number of anilines is 2. The third kappa shape index (κ3) is 3.40. The smallest absolute Gasteiger partial charge is 0.282 e. The van der Waals surface area contributed by atoms with Gasteiger partial charge in [-0.05, 0) is 49.2 Å². The fourth-order valence-electron chi connectivity index (χ4n) is 3.75. The molecule has 150 valence electrons. The van der Waals surface area contributed by atoms with Crippen LogP contribution in [0.5, 0.6) is 0 Å². The number of likely N-dealkylation sites (N-methyl/N-ethyl adjacent to an activating group) is 1. The van der Waals surface area contributed by atoms with Crippen LogP contribution in [0.1, 0.15) is 18.1 Å². The minimum atomic E-state index is -0.352. The van der Waals surface area contributed by atoms with Gasteiger partial charge in [0, 0.05) is 17.3 Å². The largest absolute Gasteiger partial charge is 0.337 e. The van der Waals surface area contributed by atoms with E-state index in [0.717, 1.165) is 11.3 Å². The van der Waals surface area contributed by atoms with E-state index in [9.17, 15) is 9.59 Å². The van der Waals surface area contributed by atoms with E-state index in [1.807, 2.05) is 85.5 Å². The number of hydrogen-bond donors (Lipinski definition) is 0. The monoisotopic (exact) mass is 416 g/mol. The fraction of sp³-hybridized carbons (Fsp3) is 0.120. The molecule has 0 N–H and O–H groups in total. The van der Waals surface area contributed by atoms with Crippen LogP contribution in [0.4, 0.5) is 11.4 Å². The number of carbonyl (C=O) groups excluding carboxylic acids is 2.